The number of carboxylic acids is 2. The van der Waals surface area contributed by atoms with E-state index in [1.54, 1.807) is 13.0 Å². The van der Waals surface area contributed by atoms with Crippen LogP contribution in [0.2, 0.25) is 0 Å². The molecule has 0 aromatic heterocycles. The molecule has 0 radical (unpaired) electrons. The van der Waals surface area contributed by atoms with Crippen molar-refractivity contribution in [1.29, 1.82) is 0 Å². The van der Waals surface area contributed by atoms with Gasteiger partial charge < -0.3 is 10.2 Å². The lowest BCUT2D eigenvalue weighted by Crippen LogP contribution is -1.98. The van der Waals surface area contributed by atoms with Crippen LogP contribution in [0.5, 0.6) is 0 Å². The zero-order valence-electron chi connectivity index (χ0n) is 23.1. The van der Waals surface area contributed by atoms with Crippen molar-refractivity contribution in [1.82, 2.24) is 0 Å². The van der Waals surface area contributed by atoms with E-state index in [4.69, 9.17) is 10.2 Å². The van der Waals surface area contributed by atoms with Gasteiger partial charge in [0.1, 0.15) is 0 Å². The first-order valence-corrected chi connectivity index (χ1v) is 14.3. The van der Waals surface area contributed by atoms with Crippen molar-refractivity contribution >= 4 is 18.0 Å². The number of carboxylic acid groups (broad SMARTS) is 2. The van der Waals surface area contributed by atoms with Gasteiger partial charge in [-0.3, -0.25) is 0 Å². The summed E-state index contributed by atoms with van der Waals surface area (Å²) in [6.07, 6.45) is 25.3. The average molecular weight is 501 g/mol. The zero-order chi connectivity index (χ0) is 26.9. The molecule has 0 amide bonds. The molecule has 0 fully saturated rings. The van der Waals surface area contributed by atoms with Crippen molar-refractivity contribution in [2.75, 3.05) is 0 Å². The molecule has 36 heavy (non-hydrogen) atoms. The van der Waals surface area contributed by atoms with Crippen LogP contribution in [0, 0.1) is 0 Å². The third-order valence-corrected chi connectivity index (χ3v) is 6.40. The van der Waals surface area contributed by atoms with Gasteiger partial charge >= 0.3 is 11.9 Å². The van der Waals surface area contributed by atoms with E-state index in [1.807, 2.05) is 30.3 Å². The van der Waals surface area contributed by atoms with Crippen molar-refractivity contribution in [3.8, 4) is 0 Å². The van der Waals surface area contributed by atoms with Crippen LogP contribution in [0.3, 0.4) is 0 Å². The third-order valence-electron chi connectivity index (χ3n) is 6.40. The van der Waals surface area contributed by atoms with Crippen molar-refractivity contribution < 1.29 is 19.8 Å². The molecule has 0 atom stereocenters. The fourth-order valence-corrected chi connectivity index (χ4v) is 4.03. The summed E-state index contributed by atoms with van der Waals surface area (Å²) in [6, 6.07) is 9.38. The van der Waals surface area contributed by atoms with Crippen molar-refractivity contribution in [3.63, 3.8) is 0 Å². The maximum absolute atomic E-state index is 10.6. The van der Waals surface area contributed by atoms with Gasteiger partial charge in [-0.2, -0.15) is 0 Å². The van der Waals surface area contributed by atoms with Crippen LogP contribution in [0.1, 0.15) is 135 Å². The van der Waals surface area contributed by atoms with Gasteiger partial charge in [0.25, 0.3) is 0 Å². The molecule has 4 heteroatoms. The summed E-state index contributed by atoms with van der Waals surface area (Å²) in [4.78, 5) is 21.0. The molecule has 0 aliphatic rings. The highest BCUT2D eigenvalue weighted by molar-refractivity contribution is 5.91. The number of aliphatic carboxylic acids is 2. The molecule has 0 spiro atoms. The van der Waals surface area contributed by atoms with Crippen molar-refractivity contribution in [3.05, 3.63) is 53.6 Å². The predicted octanol–water partition coefficient (Wildman–Crippen LogP) is 9.84. The summed E-state index contributed by atoms with van der Waals surface area (Å²) in [5, 5.41) is 17.3. The van der Waals surface area contributed by atoms with E-state index in [1.165, 1.54) is 96.3 Å². The van der Waals surface area contributed by atoms with E-state index in [0.29, 0.717) is 17.6 Å². The first-order valence-electron chi connectivity index (χ1n) is 14.3. The van der Waals surface area contributed by atoms with Gasteiger partial charge in [0.05, 0.1) is 0 Å². The molecule has 1 aromatic rings. The van der Waals surface area contributed by atoms with Gasteiger partial charge in [-0.25, -0.2) is 9.59 Å². The van der Waals surface area contributed by atoms with Crippen LogP contribution in [0.25, 0.3) is 6.08 Å². The minimum absolute atomic E-state index is 0.348. The van der Waals surface area contributed by atoms with Gasteiger partial charge in [0, 0.05) is 11.1 Å². The Bertz CT molecular complexity index is 721. The summed E-state index contributed by atoms with van der Waals surface area (Å²) >= 11 is 0. The van der Waals surface area contributed by atoms with Crippen LogP contribution in [0.4, 0.5) is 0 Å². The molecule has 0 heterocycles. The van der Waals surface area contributed by atoms with Crippen LogP contribution in [0.15, 0.2) is 48.1 Å². The molecule has 1 aromatic carbocycles. The van der Waals surface area contributed by atoms with Gasteiger partial charge in [0.15, 0.2) is 0 Å². The smallest absolute Gasteiger partial charge is 0.331 e. The minimum atomic E-state index is -0.876. The van der Waals surface area contributed by atoms with E-state index >= 15 is 0 Å². The molecule has 0 bridgehead atoms. The monoisotopic (exact) mass is 500 g/mol. The molecule has 4 nitrogen and oxygen atoms in total. The maximum atomic E-state index is 10.6. The molecule has 0 aliphatic heterocycles. The Balaban J connectivity index is 0.000000846. The summed E-state index contributed by atoms with van der Waals surface area (Å²) in [6.45, 7) is 7.42. The van der Waals surface area contributed by atoms with Crippen molar-refractivity contribution in [2.45, 2.75) is 129 Å². The Hall–Kier alpha value is -2.36. The molecule has 204 valence electrons. The molecule has 2 N–H and O–H groups in total. The van der Waals surface area contributed by atoms with Crippen LogP contribution in [-0.4, -0.2) is 22.2 Å². The maximum Gasteiger partial charge on any atom is 0.331 e. The van der Waals surface area contributed by atoms with Crippen LogP contribution < -0.4 is 0 Å². The number of benzene rings is 1. The Morgan fingerprint density at radius 1 is 0.667 bits per heavy atom. The first kappa shape index (κ1) is 33.6. The SMILES string of the molecule is C=C(CCCCCCCCCCCCCCCCCCC)C(=O)O.CC(=Cc1ccccc1)C(=O)O. The minimum Gasteiger partial charge on any atom is -0.478 e. The highest BCUT2D eigenvalue weighted by Crippen LogP contribution is 2.15. The lowest BCUT2D eigenvalue weighted by Gasteiger charge is -2.04. The number of rotatable bonds is 21. The van der Waals surface area contributed by atoms with E-state index in [-0.39, 0.29) is 0 Å². The fourth-order valence-electron chi connectivity index (χ4n) is 4.03. The second kappa shape index (κ2) is 24.3. The first-order chi connectivity index (χ1) is 17.4. The quantitative estimate of drug-likeness (QED) is 0.130. The lowest BCUT2D eigenvalue weighted by atomic mass is 10.0. The predicted molar refractivity (Wildman–Crippen MR) is 153 cm³/mol. The fraction of sp³-hybridized carbons (Fsp3) is 0.625. The van der Waals surface area contributed by atoms with Gasteiger partial charge in [-0.05, 0) is 31.4 Å². The summed E-state index contributed by atoms with van der Waals surface area (Å²) in [5.41, 5.74) is 1.62. The number of unbranched alkanes of at least 4 members (excludes halogenated alkanes) is 16. The Morgan fingerprint density at radius 3 is 1.42 bits per heavy atom. The second-order valence-corrected chi connectivity index (χ2v) is 9.86. The molecular formula is C32H52O4. The highest BCUT2D eigenvalue weighted by Gasteiger charge is 2.02. The van der Waals surface area contributed by atoms with Crippen LogP contribution in [-0.2, 0) is 9.59 Å². The van der Waals surface area contributed by atoms with E-state index in [2.05, 4.69) is 13.5 Å². The second-order valence-electron chi connectivity index (χ2n) is 9.86. The van der Waals surface area contributed by atoms with Gasteiger partial charge in [-0.15, -0.1) is 0 Å². The summed E-state index contributed by atoms with van der Waals surface area (Å²) in [5.74, 6) is -1.72. The normalized spacial score (nSPS) is 11.0. The standard InChI is InChI=1S/C22H42O2.C10H10O2/c1-3-4-5-6-7-8-9-10-11-12-13-14-15-16-17-18-19-20-21(2)22(23)24;1-8(10(11)12)7-9-5-3-2-4-6-9/h2-20H2,1H3,(H,23,24);2-7H,1H3,(H,11,12). The Labute approximate surface area is 220 Å². The molecular weight excluding hydrogens is 448 g/mol. The molecule has 0 unspecified atom stereocenters. The largest absolute Gasteiger partial charge is 0.478 e. The third kappa shape index (κ3) is 22.1. The highest BCUT2D eigenvalue weighted by atomic mass is 16.4. The zero-order valence-corrected chi connectivity index (χ0v) is 23.1. The number of carbonyl (C=O) groups is 2. The summed E-state index contributed by atoms with van der Waals surface area (Å²) < 4.78 is 0. The Kier molecular flexibility index (Phi) is 22.7. The molecule has 0 aliphatic carbocycles. The van der Waals surface area contributed by atoms with Crippen LogP contribution >= 0.6 is 0 Å². The number of hydrogen-bond donors (Lipinski definition) is 2. The van der Waals surface area contributed by atoms with Crippen molar-refractivity contribution in [2.24, 2.45) is 0 Å². The van der Waals surface area contributed by atoms with Gasteiger partial charge in [-0.1, -0.05) is 147 Å². The lowest BCUT2D eigenvalue weighted by molar-refractivity contribution is -0.133. The van der Waals surface area contributed by atoms with Gasteiger partial charge in [0.2, 0.25) is 0 Å². The molecule has 0 saturated carbocycles. The van der Waals surface area contributed by atoms with E-state index in [9.17, 15) is 9.59 Å². The molecule has 1 rings (SSSR count). The van der Waals surface area contributed by atoms with E-state index in [0.717, 1.165) is 18.4 Å². The Morgan fingerprint density at radius 2 is 1.06 bits per heavy atom. The summed E-state index contributed by atoms with van der Waals surface area (Å²) in [7, 11) is 0. The topological polar surface area (TPSA) is 74.6 Å². The van der Waals surface area contributed by atoms with E-state index < -0.39 is 11.9 Å². The number of hydrogen-bond acceptors (Lipinski definition) is 2. The molecule has 0 saturated heterocycles. The average Bonchev–Trinajstić information content (AvgIpc) is 2.86.